The zero-order chi connectivity index (χ0) is 17.9. The van der Waals surface area contributed by atoms with E-state index in [1.54, 1.807) is 26.2 Å². The number of amides is 2. The summed E-state index contributed by atoms with van der Waals surface area (Å²) in [7, 11) is 3.18. The fraction of sp³-hybridized carbons (Fsp3) is 0.235. The first-order chi connectivity index (χ1) is 11.3. The molecule has 0 aliphatic heterocycles. The number of carbonyl (C=O) groups is 2. The average molecular weight is 348 g/mol. The normalized spacial score (nSPS) is 10.3. The summed E-state index contributed by atoms with van der Waals surface area (Å²) in [6, 6.07) is 6.86. The Morgan fingerprint density at radius 3 is 2.62 bits per heavy atom. The maximum Gasteiger partial charge on any atom is 0.274 e. The second kappa shape index (κ2) is 7.31. The molecule has 1 heterocycles. The lowest BCUT2D eigenvalue weighted by molar-refractivity contribution is -0.127. The van der Waals surface area contributed by atoms with Gasteiger partial charge in [0, 0.05) is 30.9 Å². The Morgan fingerprint density at radius 2 is 2.00 bits per heavy atom. The molecule has 0 saturated heterocycles. The summed E-state index contributed by atoms with van der Waals surface area (Å²) in [5.74, 6) is -1.13. The van der Waals surface area contributed by atoms with E-state index in [9.17, 15) is 14.7 Å². The van der Waals surface area contributed by atoms with Crippen LogP contribution in [0.5, 0.6) is 5.75 Å². The standard InChI is InChI=1S/C17H18ClN3O3/c1-10-4-5-12(18)7-13(10)11-6-14(22)16(19-8-11)17(24)20-9-15(23)21(2)3/h4-8,22H,9H2,1-3H3,(H,20,24). The highest BCUT2D eigenvalue weighted by molar-refractivity contribution is 6.30. The highest BCUT2D eigenvalue weighted by atomic mass is 35.5. The molecule has 0 aliphatic carbocycles. The van der Waals surface area contributed by atoms with Crippen LogP contribution < -0.4 is 5.32 Å². The molecule has 0 spiro atoms. The molecule has 0 radical (unpaired) electrons. The minimum absolute atomic E-state index is 0.134. The third-order valence-corrected chi connectivity index (χ3v) is 3.73. The Balaban J connectivity index is 2.22. The number of nitrogens with zero attached hydrogens (tertiary/aromatic N) is 2. The van der Waals surface area contributed by atoms with Gasteiger partial charge in [0.25, 0.3) is 5.91 Å². The molecule has 1 aromatic carbocycles. The van der Waals surface area contributed by atoms with E-state index in [0.29, 0.717) is 10.6 Å². The van der Waals surface area contributed by atoms with Gasteiger partial charge in [-0.25, -0.2) is 4.98 Å². The van der Waals surface area contributed by atoms with Crippen molar-refractivity contribution >= 4 is 23.4 Å². The smallest absolute Gasteiger partial charge is 0.274 e. The number of pyridine rings is 1. The van der Waals surface area contributed by atoms with Gasteiger partial charge in [0.2, 0.25) is 5.91 Å². The average Bonchev–Trinajstić information content (AvgIpc) is 2.54. The Hall–Kier alpha value is -2.60. The summed E-state index contributed by atoms with van der Waals surface area (Å²) in [6.45, 7) is 1.75. The van der Waals surface area contributed by atoms with Crippen molar-refractivity contribution < 1.29 is 14.7 Å². The second-order valence-corrected chi connectivity index (χ2v) is 5.96. The lowest BCUT2D eigenvalue weighted by Crippen LogP contribution is -2.36. The van der Waals surface area contributed by atoms with Gasteiger partial charge >= 0.3 is 0 Å². The van der Waals surface area contributed by atoms with Gasteiger partial charge in [0.1, 0.15) is 5.75 Å². The molecule has 126 valence electrons. The number of aromatic hydroxyl groups is 1. The molecule has 0 fully saturated rings. The maximum atomic E-state index is 12.0. The van der Waals surface area contributed by atoms with Crippen molar-refractivity contribution in [1.29, 1.82) is 0 Å². The van der Waals surface area contributed by atoms with Gasteiger partial charge in [-0.2, -0.15) is 0 Å². The number of carbonyl (C=O) groups excluding carboxylic acids is 2. The second-order valence-electron chi connectivity index (χ2n) is 5.52. The van der Waals surface area contributed by atoms with E-state index in [1.165, 1.54) is 17.2 Å². The van der Waals surface area contributed by atoms with E-state index in [0.717, 1.165) is 11.1 Å². The van der Waals surface area contributed by atoms with Gasteiger partial charge in [-0.1, -0.05) is 17.7 Å². The van der Waals surface area contributed by atoms with Crippen LogP contribution in [0.4, 0.5) is 0 Å². The minimum Gasteiger partial charge on any atom is -0.505 e. The zero-order valence-electron chi connectivity index (χ0n) is 13.6. The molecule has 0 aliphatic rings. The summed E-state index contributed by atoms with van der Waals surface area (Å²) in [6.07, 6.45) is 1.49. The van der Waals surface area contributed by atoms with E-state index >= 15 is 0 Å². The molecule has 0 bridgehead atoms. The molecule has 2 aromatic rings. The summed E-state index contributed by atoms with van der Waals surface area (Å²) in [5, 5.41) is 13.1. The number of likely N-dealkylation sites (N-methyl/N-ethyl adjacent to an activating group) is 1. The molecular formula is C17H18ClN3O3. The van der Waals surface area contributed by atoms with Crippen LogP contribution >= 0.6 is 11.6 Å². The van der Waals surface area contributed by atoms with Gasteiger partial charge in [-0.05, 0) is 36.2 Å². The number of hydrogen-bond donors (Lipinski definition) is 2. The molecule has 2 rings (SSSR count). The van der Waals surface area contributed by atoms with E-state index < -0.39 is 5.91 Å². The van der Waals surface area contributed by atoms with Crippen LogP contribution in [0.3, 0.4) is 0 Å². The zero-order valence-corrected chi connectivity index (χ0v) is 14.4. The van der Waals surface area contributed by atoms with Crippen LogP contribution in [0, 0.1) is 6.92 Å². The highest BCUT2D eigenvalue weighted by Crippen LogP contribution is 2.29. The van der Waals surface area contributed by atoms with Gasteiger partial charge in [-0.15, -0.1) is 0 Å². The molecule has 0 atom stereocenters. The number of benzene rings is 1. The van der Waals surface area contributed by atoms with Crippen LogP contribution in [-0.2, 0) is 4.79 Å². The Kier molecular flexibility index (Phi) is 5.41. The number of nitrogens with one attached hydrogen (secondary N) is 1. The third kappa shape index (κ3) is 4.02. The van der Waals surface area contributed by atoms with Gasteiger partial charge < -0.3 is 15.3 Å². The molecule has 7 heteroatoms. The summed E-state index contributed by atoms with van der Waals surface area (Å²) in [5.41, 5.74) is 2.30. The van der Waals surface area contributed by atoms with Crippen LogP contribution in [0.25, 0.3) is 11.1 Å². The van der Waals surface area contributed by atoms with Crippen LogP contribution in [0.2, 0.25) is 5.02 Å². The molecule has 24 heavy (non-hydrogen) atoms. The predicted octanol–water partition coefficient (Wildman–Crippen LogP) is 2.23. The molecule has 6 nitrogen and oxygen atoms in total. The largest absolute Gasteiger partial charge is 0.505 e. The Morgan fingerprint density at radius 1 is 1.29 bits per heavy atom. The fourth-order valence-electron chi connectivity index (χ4n) is 2.08. The van der Waals surface area contributed by atoms with Gasteiger partial charge in [0.05, 0.1) is 6.54 Å². The van der Waals surface area contributed by atoms with E-state index in [-0.39, 0.29) is 23.9 Å². The summed E-state index contributed by atoms with van der Waals surface area (Å²) in [4.78, 5) is 28.9. The molecule has 2 N–H and O–H groups in total. The Bertz CT molecular complexity index is 791. The van der Waals surface area contributed by atoms with E-state index in [1.807, 2.05) is 13.0 Å². The van der Waals surface area contributed by atoms with Crippen LogP contribution in [0.1, 0.15) is 16.1 Å². The topological polar surface area (TPSA) is 82.5 Å². The molecule has 1 aromatic heterocycles. The van der Waals surface area contributed by atoms with E-state index in [2.05, 4.69) is 10.3 Å². The van der Waals surface area contributed by atoms with Crippen molar-refractivity contribution in [2.75, 3.05) is 20.6 Å². The van der Waals surface area contributed by atoms with Gasteiger partial charge in [-0.3, -0.25) is 9.59 Å². The minimum atomic E-state index is -0.614. The predicted molar refractivity (Wildman–Crippen MR) is 92.1 cm³/mol. The van der Waals surface area contributed by atoms with Crippen molar-refractivity contribution in [2.24, 2.45) is 0 Å². The summed E-state index contributed by atoms with van der Waals surface area (Å²) < 4.78 is 0. The first kappa shape index (κ1) is 17.7. The molecule has 0 saturated carbocycles. The first-order valence-electron chi connectivity index (χ1n) is 7.23. The summed E-state index contributed by atoms with van der Waals surface area (Å²) >= 11 is 6.00. The van der Waals surface area contributed by atoms with Crippen molar-refractivity contribution in [3.63, 3.8) is 0 Å². The number of halogens is 1. The SMILES string of the molecule is Cc1ccc(Cl)cc1-c1cnc(C(=O)NCC(=O)N(C)C)c(O)c1. The lowest BCUT2D eigenvalue weighted by atomic mass is 10.0. The number of aryl methyl sites for hydroxylation is 1. The first-order valence-corrected chi connectivity index (χ1v) is 7.61. The van der Waals surface area contributed by atoms with Gasteiger partial charge in [0.15, 0.2) is 5.69 Å². The maximum absolute atomic E-state index is 12.0. The highest BCUT2D eigenvalue weighted by Gasteiger charge is 2.16. The molecule has 0 unspecified atom stereocenters. The number of aromatic nitrogens is 1. The number of hydrogen-bond acceptors (Lipinski definition) is 4. The quantitative estimate of drug-likeness (QED) is 0.888. The fourth-order valence-corrected chi connectivity index (χ4v) is 2.25. The van der Waals surface area contributed by atoms with Crippen LogP contribution in [0.15, 0.2) is 30.5 Å². The van der Waals surface area contributed by atoms with Crippen molar-refractivity contribution in [1.82, 2.24) is 15.2 Å². The van der Waals surface area contributed by atoms with Crippen molar-refractivity contribution in [3.8, 4) is 16.9 Å². The lowest BCUT2D eigenvalue weighted by Gasteiger charge is -2.12. The third-order valence-electron chi connectivity index (χ3n) is 3.49. The molecule has 2 amide bonds. The van der Waals surface area contributed by atoms with Crippen LogP contribution in [-0.4, -0.2) is 47.4 Å². The monoisotopic (exact) mass is 347 g/mol. The Labute approximate surface area is 145 Å². The number of rotatable bonds is 4. The van der Waals surface area contributed by atoms with Crippen molar-refractivity contribution in [3.05, 3.63) is 46.7 Å². The van der Waals surface area contributed by atoms with E-state index in [4.69, 9.17) is 11.6 Å². The van der Waals surface area contributed by atoms with Crippen molar-refractivity contribution in [2.45, 2.75) is 6.92 Å². The molecular weight excluding hydrogens is 330 g/mol.